The zero-order valence-corrected chi connectivity index (χ0v) is 22.1. The minimum absolute atomic E-state index is 0.146. The topological polar surface area (TPSA) is 103 Å². The smallest absolute Gasteiger partial charge is 0.295 e. The van der Waals surface area contributed by atoms with Crippen molar-refractivity contribution in [1.29, 1.82) is 0 Å². The van der Waals surface area contributed by atoms with E-state index in [9.17, 15) is 14.4 Å². The number of nitrogens with zero attached hydrogens (tertiary/aromatic N) is 4. The third kappa shape index (κ3) is 3.73. The van der Waals surface area contributed by atoms with Crippen LogP contribution in [0.25, 0.3) is 22.4 Å². The fourth-order valence-electron chi connectivity index (χ4n) is 5.50. The van der Waals surface area contributed by atoms with Crippen molar-refractivity contribution in [2.24, 2.45) is 14.1 Å². The highest BCUT2D eigenvalue weighted by Gasteiger charge is 2.31. The van der Waals surface area contributed by atoms with Crippen molar-refractivity contribution in [2.75, 3.05) is 0 Å². The van der Waals surface area contributed by atoms with E-state index in [1.54, 1.807) is 23.2 Å². The maximum atomic E-state index is 14.0. The molecule has 0 bridgehead atoms. The van der Waals surface area contributed by atoms with E-state index < -0.39 is 5.92 Å². The van der Waals surface area contributed by atoms with Crippen LogP contribution >= 0.6 is 0 Å². The number of hydrogen-bond acceptors (Lipinski definition) is 3. The van der Waals surface area contributed by atoms with E-state index in [0.717, 1.165) is 16.6 Å². The van der Waals surface area contributed by atoms with Gasteiger partial charge in [0.2, 0.25) is 0 Å². The van der Waals surface area contributed by atoms with Crippen LogP contribution < -0.4 is 16.8 Å². The van der Waals surface area contributed by atoms with Crippen LogP contribution in [0.5, 0.6) is 0 Å². The van der Waals surface area contributed by atoms with E-state index in [0.29, 0.717) is 33.9 Å². The molecule has 0 aliphatic carbocycles. The molecule has 0 radical (unpaired) electrons. The molecule has 39 heavy (non-hydrogen) atoms. The molecule has 0 atom stereocenters. The van der Waals surface area contributed by atoms with Crippen molar-refractivity contribution >= 4 is 11.0 Å². The third-order valence-electron chi connectivity index (χ3n) is 7.47. The van der Waals surface area contributed by atoms with E-state index in [1.807, 2.05) is 92.7 Å². The molecule has 6 rings (SSSR count). The number of aromatic nitrogens is 6. The van der Waals surface area contributed by atoms with Crippen LogP contribution in [0.15, 0.2) is 93.2 Å². The van der Waals surface area contributed by atoms with Gasteiger partial charge in [0.15, 0.2) is 0 Å². The molecule has 0 spiro atoms. The minimum atomic E-state index is -0.688. The summed E-state index contributed by atoms with van der Waals surface area (Å²) in [5, 5.41) is 6.43. The van der Waals surface area contributed by atoms with Crippen LogP contribution in [0.1, 0.15) is 34.0 Å². The summed E-state index contributed by atoms with van der Waals surface area (Å²) in [5.41, 5.74) is 5.25. The summed E-state index contributed by atoms with van der Waals surface area (Å²) in [6.07, 6.45) is 0. The van der Waals surface area contributed by atoms with E-state index in [-0.39, 0.29) is 16.8 Å². The maximum Gasteiger partial charge on any atom is 0.328 e. The molecule has 9 nitrogen and oxygen atoms in total. The molecule has 6 aromatic rings. The first-order chi connectivity index (χ1) is 18.8. The zero-order valence-electron chi connectivity index (χ0n) is 22.1. The SMILES string of the molecule is Cc1[nH]n(-c2ccccc2)c(=O)c1C(c1ccc2c(c1)n(C)c(=O)n2C)c1c(C)[nH]n(-c2ccccc2)c1=O. The average Bonchev–Trinajstić information content (AvgIpc) is 3.50. The predicted octanol–water partition coefficient (Wildman–Crippen LogP) is 3.63. The van der Waals surface area contributed by atoms with Gasteiger partial charge in [-0.05, 0) is 55.8 Å². The Labute approximate surface area is 223 Å². The monoisotopic (exact) mass is 520 g/mol. The van der Waals surface area contributed by atoms with Crippen molar-refractivity contribution in [3.63, 3.8) is 0 Å². The summed E-state index contributed by atoms with van der Waals surface area (Å²) in [6, 6.07) is 24.3. The second-order valence-electron chi connectivity index (χ2n) is 9.83. The largest absolute Gasteiger partial charge is 0.328 e. The number of aromatic amines is 2. The lowest BCUT2D eigenvalue weighted by Gasteiger charge is -2.16. The van der Waals surface area contributed by atoms with Gasteiger partial charge in [0.1, 0.15) is 0 Å². The first-order valence-electron chi connectivity index (χ1n) is 12.7. The number of imidazole rings is 1. The summed E-state index contributed by atoms with van der Waals surface area (Å²) in [5.74, 6) is -0.688. The van der Waals surface area contributed by atoms with E-state index in [2.05, 4.69) is 10.2 Å². The Morgan fingerprint density at radius 2 is 1.08 bits per heavy atom. The van der Waals surface area contributed by atoms with Gasteiger partial charge in [-0.3, -0.25) is 28.9 Å². The molecule has 2 N–H and O–H groups in total. The number of fused-ring (bicyclic) bond motifs is 1. The normalized spacial score (nSPS) is 11.6. The van der Waals surface area contributed by atoms with Crippen molar-refractivity contribution in [3.05, 3.63) is 138 Å². The molecule has 0 amide bonds. The fraction of sp³-hybridized carbons (Fsp3) is 0.167. The highest BCUT2D eigenvalue weighted by Crippen LogP contribution is 2.33. The fourth-order valence-corrected chi connectivity index (χ4v) is 5.50. The van der Waals surface area contributed by atoms with Crippen molar-refractivity contribution in [2.45, 2.75) is 19.8 Å². The molecular formula is C30H28N6O3. The second kappa shape index (κ2) is 9.05. The Bertz CT molecular complexity index is 1920. The summed E-state index contributed by atoms with van der Waals surface area (Å²) < 4.78 is 6.18. The first kappa shape index (κ1) is 24.3. The molecule has 3 aromatic heterocycles. The van der Waals surface area contributed by atoms with Gasteiger partial charge in [-0.2, -0.15) is 0 Å². The highest BCUT2D eigenvalue weighted by molar-refractivity contribution is 5.77. The van der Waals surface area contributed by atoms with Crippen molar-refractivity contribution in [3.8, 4) is 11.4 Å². The Hall–Kier alpha value is -5.05. The lowest BCUT2D eigenvalue weighted by Crippen LogP contribution is -2.25. The molecule has 0 saturated carbocycles. The molecule has 196 valence electrons. The summed E-state index contributed by atoms with van der Waals surface area (Å²) in [4.78, 5) is 40.7. The van der Waals surface area contributed by atoms with Crippen molar-refractivity contribution < 1.29 is 0 Å². The van der Waals surface area contributed by atoms with Crippen molar-refractivity contribution in [1.82, 2.24) is 28.7 Å². The Morgan fingerprint density at radius 3 is 1.56 bits per heavy atom. The van der Waals surface area contributed by atoms with Gasteiger partial charge in [-0.1, -0.05) is 42.5 Å². The highest BCUT2D eigenvalue weighted by atomic mass is 16.2. The maximum absolute atomic E-state index is 14.0. The predicted molar refractivity (Wildman–Crippen MR) is 151 cm³/mol. The van der Waals surface area contributed by atoms with Gasteiger partial charge < -0.3 is 0 Å². The van der Waals surface area contributed by atoms with Gasteiger partial charge in [0, 0.05) is 31.4 Å². The van der Waals surface area contributed by atoms with Crippen LogP contribution in [0, 0.1) is 13.8 Å². The number of rotatable bonds is 5. The number of nitrogens with one attached hydrogen (secondary N) is 2. The standard InChI is InChI=1S/C30H28N6O3/c1-18-25(28(37)35(31-18)21-11-7-5-8-12-21)27(20-15-16-23-24(17-20)34(4)30(39)33(23)3)26-19(2)32-36(29(26)38)22-13-9-6-10-14-22/h5-17,27,31-32H,1-4H3. The Kier molecular flexibility index (Phi) is 5.64. The molecule has 3 aromatic carbocycles. The van der Waals surface area contributed by atoms with Gasteiger partial charge in [0.25, 0.3) is 11.1 Å². The average molecular weight is 521 g/mol. The lowest BCUT2D eigenvalue weighted by molar-refractivity contribution is 0.795. The third-order valence-corrected chi connectivity index (χ3v) is 7.47. The van der Waals surface area contributed by atoms with Crippen LogP contribution in [0.3, 0.4) is 0 Å². The van der Waals surface area contributed by atoms with Gasteiger partial charge in [0.05, 0.1) is 33.5 Å². The lowest BCUT2D eigenvalue weighted by atomic mass is 9.85. The molecule has 0 saturated heterocycles. The van der Waals surface area contributed by atoms with Crippen LogP contribution in [0.2, 0.25) is 0 Å². The molecule has 9 heteroatoms. The van der Waals surface area contributed by atoms with Crippen LogP contribution in [0.4, 0.5) is 0 Å². The molecule has 0 aliphatic heterocycles. The van der Waals surface area contributed by atoms with E-state index in [1.165, 1.54) is 9.36 Å². The quantitative estimate of drug-likeness (QED) is 0.363. The Morgan fingerprint density at radius 1 is 0.615 bits per heavy atom. The molecule has 0 unspecified atom stereocenters. The first-order valence-corrected chi connectivity index (χ1v) is 12.7. The molecule has 0 fully saturated rings. The second-order valence-corrected chi connectivity index (χ2v) is 9.83. The number of H-pyrrole nitrogens is 2. The Balaban J connectivity index is 1.66. The van der Waals surface area contributed by atoms with Crippen LogP contribution in [-0.4, -0.2) is 28.7 Å². The summed E-state index contributed by atoms with van der Waals surface area (Å²) in [6.45, 7) is 3.69. The zero-order chi connectivity index (χ0) is 27.4. The summed E-state index contributed by atoms with van der Waals surface area (Å²) >= 11 is 0. The number of hydrogen-bond donors (Lipinski definition) is 2. The molecular weight excluding hydrogens is 492 g/mol. The summed E-state index contributed by atoms with van der Waals surface area (Å²) in [7, 11) is 3.45. The molecule has 0 aliphatic rings. The minimum Gasteiger partial charge on any atom is -0.295 e. The van der Waals surface area contributed by atoms with Crippen LogP contribution in [-0.2, 0) is 14.1 Å². The van der Waals surface area contributed by atoms with E-state index in [4.69, 9.17) is 0 Å². The van der Waals surface area contributed by atoms with Gasteiger partial charge in [-0.25, -0.2) is 14.2 Å². The van der Waals surface area contributed by atoms with E-state index >= 15 is 0 Å². The molecule has 3 heterocycles. The number of aryl methyl sites for hydroxylation is 4. The number of benzene rings is 3. The van der Waals surface area contributed by atoms with Gasteiger partial charge >= 0.3 is 5.69 Å². The number of para-hydroxylation sites is 2. The van der Waals surface area contributed by atoms with Gasteiger partial charge in [-0.15, -0.1) is 0 Å².